The predicted octanol–water partition coefficient (Wildman–Crippen LogP) is 1.65. The number of hydrogen-bond acceptors (Lipinski definition) is 1. The molecular formula is C8H9N. The molecule has 0 spiro atoms. The van der Waals surface area contributed by atoms with Crippen molar-refractivity contribution in [2.24, 2.45) is 0 Å². The summed E-state index contributed by atoms with van der Waals surface area (Å²) in [6, 6.07) is 7.71. The molecule has 0 aliphatic carbocycles. The fourth-order valence-electron chi connectivity index (χ4n) is 1.05. The van der Waals surface area contributed by atoms with Crippen LogP contribution in [0.15, 0.2) is 24.3 Å². The molecule has 0 fully saturated rings. The lowest BCUT2D eigenvalue weighted by Crippen LogP contribution is -1.90. The predicted molar refractivity (Wildman–Crippen MR) is 38.6 cm³/mol. The number of benzene rings is 1. The van der Waals surface area contributed by atoms with Crippen molar-refractivity contribution in [2.45, 2.75) is 6.42 Å². The molecule has 46 valence electrons. The second-order valence-electron chi connectivity index (χ2n) is 2.14. The van der Waals surface area contributed by atoms with E-state index >= 15 is 0 Å². The van der Waals surface area contributed by atoms with Crippen LogP contribution in [0.3, 0.4) is 0 Å². The Hall–Kier alpha value is -0.980. The summed E-state index contributed by atoms with van der Waals surface area (Å²) in [5.74, 6) is 0. The summed E-state index contributed by atoms with van der Waals surface area (Å²) in [7, 11) is 0. The van der Waals surface area contributed by atoms with Crippen LogP contribution in [-0.4, -0.2) is 6.52 Å². The molecule has 1 unspecified atom stereocenters. The molecule has 1 nitrogen and oxygen atoms in total. The SMILES string of the molecule is [2H]C1Cc2ccccc2N1[2H]. The van der Waals surface area contributed by atoms with E-state index < -0.39 is 6.52 Å². The van der Waals surface area contributed by atoms with Crippen molar-refractivity contribution in [3.63, 3.8) is 0 Å². The van der Waals surface area contributed by atoms with Crippen LogP contribution in [0.1, 0.15) is 6.93 Å². The third-order valence-electron chi connectivity index (χ3n) is 1.53. The lowest BCUT2D eigenvalue weighted by Gasteiger charge is -1.94. The molecule has 2 rings (SSSR count). The third-order valence-corrected chi connectivity index (χ3v) is 1.53. The van der Waals surface area contributed by atoms with E-state index in [1.807, 2.05) is 24.3 Å². The Morgan fingerprint density at radius 3 is 3.33 bits per heavy atom. The zero-order chi connectivity index (χ0) is 7.84. The van der Waals surface area contributed by atoms with Gasteiger partial charge in [0, 0.05) is 13.6 Å². The summed E-state index contributed by atoms with van der Waals surface area (Å²) in [6.07, 6.45) is 0.680. The summed E-state index contributed by atoms with van der Waals surface area (Å²) >= 11 is 0. The molecule has 0 bridgehead atoms. The number of aryl methyl sites for hydroxylation is 1. The summed E-state index contributed by atoms with van der Waals surface area (Å²) in [5, 5.41) is 1.26. The highest BCUT2D eigenvalue weighted by Gasteiger charge is 2.05. The minimum absolute atomic E-state index is 0.410. The van der Waals surface area contributed by atoms with Gasteiger partial charge < -0.3 is 5.31 Å². The Labute approximate surface area is 57.6 Å². The van der Waals surface area contributed by atoms with Crippen LogP contribution in [0.25, 0.3) is 0 Å². The van der Waals surface area contributed by atoms with Gasteiger partial charge in [-0.05, 0) is 18.1 Å². The van der Waals surface area contributed by atoms with Crippen LogP contribution in [0.5, 0.6) is 0 Å². The van der Waals surface area contributed by atoms with Gasteiger partial charge in [0.1, 0.15) is 0 Å². The molecule has 1 N–H and O–H groups in total. The van der Waals surface area contributed by atoms with Crippen molar-refractivity contribution >= 4 is 5.69 Å². The first-order chi connectivity index (χ1) is 5.29. The molecule has 0 amide bonds. The number of rotatable bonds is 0. The van der Waals surface area contributed by atoms with Crippen LogP contribution < -0.4 is 5.31 Å². The van der Waals surface area contributed by atoms with Gasteiger partial charge in [-0.25, -0.2) is 0 Å². The van der Waals surface area contributed by atoms with E-state index in [1.165, 1.54) is 5.31 Å². The van der Waals surface area contributed by atoms with Gasteiger partial charge in [-0.1, -0.05) is 18.2 Å². The number of anilines is 1. The Bertz CT molecular complexity index is 275. The van der Waals surface area contributed by atoms with Crippen molar-refractivity contribution in [2.75, 3.05) is 11.8 Å². The maximum atomic E-state index is 7.47. The third kappa shape index (κ3) is 0.689. The first-order valence-corrected chi connectivity index (χ1v) is 3.07. The summed E-state index contributed by atoms with van der Waals surface area (Å²) in [5.41, 5.74) is 2.00. The number of fused-ring (bicyclic) bond motifs is 1. The molecule has 1 aromatic carbocycles. The average Bonchev–Trinajstić information content (AvgIpc) is 2.30. The van der Waals surface area contributed by atoms with Gasteiger partial charge in [0.2, 0.25) is 0 Å². The molecule has 0 saturated carbocycles. The monoisotopic (exact) mass is 121 g/mol. The first kappa shape index (κ1) is 3.25. The normalized spacial score (nSPS) is 27.1. The van der Waals surface area contributed by atoms with Crippen molar-refractivity contribution in [3.05, 3.63) is 29.8 Å². The lowest BCUT2D eigenvalue weighted by molar-refractivity contribution is 1.11. The Morgan fingerprint density at radius 2 is 2.44 bits per heavy atom. The largest absolute Gasteiger partial charge is 0.384 e. The van der Waals surface area contributed by atoms with Crippen molar-refractivity contribution < 1.29 is 2.78 Å². The highest BCUT2D eigenvalue weighted by Crippen LogP contribution is 2.19. The molecule has 1 atom stereocenters. The molecule has 1 heterocycles. The Balaban J connectivity index is 2.47. The van der Waals surface area contributed by atoms with E-state index in [0.717, 1.165) is 11.3 Å². The second kappa shape index (κ2) is 1.76. The van der Waals surface area contributed by atoms with E-state index in [1.54, 1.807) is 0 Å². The zero-order valence-electron chi connectivity index (χ0n) is 7.04. The number of hydrogen-bond donors (Lipinski definition) is 1. The van der Waals surface area contributed by atoms with Crippen LogP contribution >= 0.6 is 0 Å². The molecule has 0 saturated heterocycles. The minimum atomic E-state index is -0.410. The minimum Gasteiger partial charge on any atom is -0.384 e. The van der Waals surface area contributed by atoms with Gasteiger partial charge in [-0.3, -0.25) is 0 Å². The lowest BCUT2D eigenvalue weighted by atomic mass is 10.2. The van der Waals surface area contributed by atoms with Gasteiger partial charge in [0.05, 0.1) is 0 Å². The standard InChI is InChI=1S/C8H9N/c1-2-4-8-7(3-1)5-6-9-8/h1-4,9H,5-6H2/i6D/hD. The topological polar surface area (TPSA) is 12.0 Å². The van der Waals surface area contributed by atoms with E-state index in [-0.39, 0.29) is 0 Å². The summed E-state index contributed by atoms with van der Waals surface area (Å²) < 4.78 is 14.9. The molecule has 9 heavy (non-hydrogen) atoms. The van der Waals surface area contributed by atoms with Gasteiger partial charge in [0.25, 0.3) is 0 Å². The average molecular weight is 121 g/mol. The van der Waals surface area contributed by atoms with E-state index in [4.69, 9.17) is 2.78 Å². The van der Waals surface area contributed by atoms with Crippen LogP contribution in [0, 0.1) is 0 Å². The maximum Gasteiger partial charge on any atom is 0.160 e. The quantitative estimate of drug-likeness (QED) is 0.550. The van der Waals surface area contributed by atoms with Gasteiger partial charge >= 0.3 is 0 Å². The fourth-order valence-corrected chi connectivity index (χ4v) is 1.05. The highest BCUT2D eigenvalue weighted by atomic mass is 14.9. The van der Waals surface area contributed by atoms with Crippen LogP contribution in [-0.2, 0) is 6.42 Å². The van der Waals surface area contributed by atoms with Gasteiger partial charge in [-0.15, -0.1) is 0 Å². The molecule has 1 aliphatic heterocycles. The zero-order valence-corrected chi connectivity index (χ0v) is 5.04. The van der Waals surface area contributed by atoms with Crippen LogP contribution in [0.2, 0.25) is 1.41 Å². The smallest absolute Gasteiger partial charge is 0.160 e. The molecule has 0 aromatic heterocycles. The Morgan fingerprint density at radius 1 is 1.56 bits per heavy atom. The molecular weight excluding hydrogens is 110 g/mol. The second-order valence-corrected chi connectivity index (χ2v) is 2.14. The molecule has 1 aromatic rings. The van der Waals surface area contributed by atoms with Crippen molar-refractivity contribution in [1.29, 1.82) is 0 Å². The highest BCUT2D eigenvalue weighted by molar-refractivity contribution is 5.54. The first-order valence-electron chi connectivity index (χ1n) is 4.10. The number of para-hydroxylation sites is 1. The summed E-state index contributed by atoms with van der Waals surface area (Å²) in [4.78, 5) is 0. The molecule has 0 radical (unpaired) electrons. The number of nitrogens with one attached hydrogen (secondary N) is 1. The van der Waals surface area contributed by atoms with Crippen LogP contribution in [0.4, 0.5) is 5.69 Å². The molecule has 1 heteroatoms. The fraction of sp³-hybridized carbons (Fsp3) is 0.250. The Kier molecular flexibility index (Phi) is 0.637. The molecule has 1 aliphatic rings. The van der Waals surface area contributed by atoms with E-state index in [0.29, 0.717) is 6.42 Å². The maximum absolute atomic E-state index is 7.47. The van der Waals surface area contributed by atoms with E-state index in [9.17, 15) is 0 Å². The van der Waals surface area contributed by atoms with Crippen molar-refractivity contribution in [1.82, 2.24) is 0 Å². The van der Waals surface area contributed by atoms with Gasteiger partial charge in [-0.2, -0.15) is 0 Å². The summed E-state index contributed by atoms with van der Waals surface area (Å²) in [6.45, 7) is -0.410. The van der Waals surface area contributed by atoms with Gasteiger partial charge in [0.15, 0.2) is 1.41 Å². The van der Waals surface area contributed by atoms with E-state index in [2.05, 4.69) is 0 Å². The van der Waals surface area contributed by atoms with Crippen molar-refractivity contribution in [3.8, 4) is 0 Å².